The lowest BCUT2D eigenvalue weighted by Crippen LogP contribution is -2.12. The van der Waals surface area contributed by atoms with Crippen LogP contribution in [0.2, 0.25) is 0 Å². The number of hydrogen-bond acceptors (Lipinski definition) is 3. The standard InChI is InChI=1S/C11H18N2O/c1-7(2)12-11-6-5-10(9(4)14)8(3)13-11/h5-7,9,14H,1-4H3,(H,12,13). The Labute approximate surface area is 85.2 Å². The van der Waals surface area contributed by atoms with Gasteiger partial charge in [-0.3, -0.25) is 0 Å². The maximum atomic E-state index is 9.42. The average molecular weight is 194 g/mol. The van der Waals surface area contributed by atoms with E-state index < -0.39 is 6.10 Å². The Kier molecular flexibility index (Phi) is 3.47. The Balaban J connectivity index is 2.89. The van der Waals surface area contributed by atoms with Crippen molar-refractivity contribution in [2.24, 2.45) is 0 Å². The predicted octanol–water partition coefficient (Wildman–Crippen LogP) is 2.26. The minimum atomic E-state index is -0.449. The Morgan fingerprint density at radius 3 is 2.36 bits per heavy atom. The van der Waals surface area contributed by atoms with Gasteiger partial charge in [0.25, 0.3) is 0 Å². The number of nitrogens with one attached hydrogen (secondary N) is 1. The SMILES string of the molecule is Cc1nc(NC(C)C)ccc1C(C)O. The highest BCUT2D eigenvalue weighted by atomic mass is 16.3. The molecule has 0 saturated carbocycles. The van der Waals surface area contributed by atoms with Gasteiger partial charge in [0.1, 0.15) is 5.82 Å². The summed E-state index contributed by atoms with van der Waals surface area (Å²) in [6.07, 6.45) is -0.449. The molecule has 0 radical (unpaired) electrons. The summed E-state index contributed by atoms with van der Waals surface area (Å²) in [6.45, 7) is 7.80. The molecule has 0 spiro atoms. The lowest BCUT2D eigenvalue weighted by atomic mass is 10.1. The third-order valence-corrected chi connectivity index (χ3v) is 2.01. The van der Waals surface area contributed by atoms with Gasteiger partial charge in [0.15, 0.2) is 0 Å². The van der Waals surface area contributed by atoms with E-state index in [9.17, 15) is 5.11 Å². The van der Waals surface area contributed by atoms with Gasteiger partial charge < -0.3 is 10.4 Å². The minimum Gasteiger partial charge on any atom is -0.389 e. The number of rotatable bonds is 3. The molecule has 1 aromatic heterocycles. The molecular weight excluding hydrogens is 176 g/mol. The van der Waals surface area contributed by atoms with Crippen molar-refractivity contribution in [3.05, 3.63) is 23.4 Å². The Bertz CT molecular complexity index is 308. The van der Waals surface area contributed by atoms with Crippen molar-refractivity contribution in [1.29, 1.82) is 0 Å². The molecule has 0 aliphatic heterocycles. The molecule has 0 bridgehead atoms. The number of hydrogen-bond donors (Lipinski definition) is 2. The molecule has 14 heavy (non-hydrogen) atoms. The Hall–Kier alpha value is -1.09. The number of pyridine rings is 1. The van der Waals surface area contributed by atoms with E-state index in [-0.39, 0.29) is 0 Å². The van der Waals surface area contributed by atoms with E-state index >= 15 is 0 Å². The second-order valence-electron chi connectivity index (χ2n) is 3.85. The highest BCUT2D eigenvalue weighted by Gasteiger charge is 2.06. The van der Waals surface area contributed by atoms with Crippen molar-refractivity contribution in [1.82, 2.24) is 4.98 Å². The third kappa shape index (κ3) is 2.70. The van der Waals surface area contributed by atoms with Gasteiger partial charge in [-0.2, -0.15) is 0 Å². The summed E-state index contributed by atoms with van der Waals surface area (Å²) in [5.41, 5.74) is 1.77. The monoisotopic (exact) mass is 194 g/mol. The fourth-order valence-corrected chi connectivity index (χ4v) is 1.39. The fourth-order valence-electron chi connectivity index (χ4n) is 1.39. The second kappa shape index (κ2) is 4.42. The first-order chi connectivity index (χ1) is 6.50. The van der Waals surface area contributed by atoms with Crippen LogP contribution in [-0.2, 0) is 0 Å². The Morgan fingerprint density at radius 1 is 1.29 bits per heavy atom. The van der Waals surface area contributed by atoms with Gasteiger partial charge in [0, 0.05) is 17.3 Å². The lowest BCUT2D eigenvalue weighted by molar-refractivity contribution is 0.198. The van der Waals surface area contributed by atoms with Crippen LogP contribution in [0.15, 0.2) is 12.1 Å². The molecule has 0 aromatic carbocycles. The van der Waals surface area contributed by atoms with Crippen LogP contribution in [0.4, 0.5) is 5.82 Å². The molecule has 2 N–H and O–H groups in total. The fraction of sp³-hybridized carbons (Fsp3) is 0.545. The van der Waals surface area contributed by atoms with Gasteiger partial charge in [-0.15, -0.1) is 0 Å². The summed E-state index contributed by atoms with van der Waals surface area (Å²) < 4.78 is 0. The number of aryl methyl sites for hydroxylation is 1. The summed E-state index contributed by atoms with van der Waals surface area (Å²) in [5.74, 6) is 0.863. The van der Waals surface area contributed by atoms with Crippen LogP contribution in [0.25, 0.3) is 0 Å². The summed E-state index contributed by atoms with van der Waals surface area (Å²) in [6, 6.07) is 4.19. The van der Waals surface area contributed by atoms with Crippen LogP contribution in [-0.4, -0.2) is 16.1 Å². The van der Waals surface area contributed by atoms with E-state index in [1.807, 2.05) is 19.1 Å². The van der Waals surface area contributed by atoms with Gasteiger partial charge >= 0.3 is 0 Å². The van der Waals surface area contributed by atoms with Crippen LogP contribution in [0.1, 0.15) is 38.1 Å². The van der Waals surface area contributed by atoms with Gasteiger partial charge in [-0.1, -0.05) is 6.07 Å². The molecule has 1 heterocycles. The zero-order chi connectivity index (χ0) is 10.7. The van der Waals surface area contributed by atoms with E-state index in [4.69, 9.17) is 0 Å². The predicted molar refractivity (Wildman–Crippen MR) is 58.4 cm³/mol. The highest BCUT2D eigenvalue weighted by Crippen LogP contribution is 2.17. The smallest absolute Gasteiger partial charge is 0.126 e. The number of aromatic nitrogens is 1. The summed E-state index contributed by atoms with van der Waals surface area (Å²) in [5, 5.41) is 12.6. The zero-order valence-electron chi connectivity index (χ0n) is 9.20. The zero-order valence-corrected chi connectivity index (χ0v) is 9.20. The minimum absolute atomic E-state index is 0.374. The lowest BCUT2D eigenvalue weighted by Gasteiger charge is -2.12. The first-order valence-electron chi connectivity index (χ1n) is 4.93. The second-order valence-corrected chi connectivity index (χ2v) is 3.85. The van der Waals surface area contributed by atoms with Crippen LogP contribution >= 0.6 is 0 Å². The van der Waals surface area contributed by atoms with Crippen LogP contribution in [0.5, 0.6) is 0 Å². The topological polar surface area (TPSA) is 45.2 Å². The van der Waals surface area contributed by atoms with E-state index in [1.165, 1.54) is 0 Å². The van der Waals surface area contributed by atoms with Crippen molar-refractivity contribution >= 4 is 5.82 Å². The van der Waals surface area contributed by atoms with Crippen molar-refractivity contribution < 1.29 is 5.11 Å². The first-order valence-corrected chi connectivity index (χ1v) is 4.93. The number of aliphatic hydroxyl groups is 1. The molecule has 0 aliphatic rings. The number of anilines is 1. The number of aliphatic hydroxyl groups excluding tert-OH is 1. The highest BCUT2D eigenvalue weighted by molar-refractivity contribution is 5.39. The van der Waals surface area contributed by atoms with Crippen molar-refractivity contribution in [3.63, 3.8) is 0 Å². The molecule has 1 aromatic rings. The summed E-state index contributed by atoms with van der Waals surface area (Å²) in [4.78, 5) is 4.36. The first kappa shape index (κ1) is 11.0. The molecule has 78 valence electrons. The quantitative estimate of drug-likeness (QED) is 0.775. The summed E-state index contributed by atoms with van der Waals surface area (Å²) >= 11 is 0. The maximum Gasteiger partial charge on any atom is 0.126 e. The van der Waals surface area contributed by atoms with Crippen LogP contribution < -0.4 is 5.32 Å². The molecule has 3 nitrogen and oxygen atoms in total. The van der Waals surface area contributed by atoms with Crippen molar-refractivity contribution in [3.8, 4) is 0 Å². The molecule has 0 aliphatic carbocycles. The Morgan fingerprint density at radius 2 is 1.93 bits per heavy atom. The molecule has 0 amide bonds. The molecule has 1 unspecified atom stereocenters. The third-order valence-electron chi connectivity index (χ3n) is 2.01. The molecule has 0 saturated heterocycles. The largest absolute Gasteiger partial charge is 0.389 e. The van der Waals surface area contributed by atoms with Gasteiger partial charge in [-0.25, -0.2) is 4.98 Å². The number of nitrogens with zero attached hydrogens (tertiary/aromatic N) is 1. The van der Waals surface area contributed by atoms with Gasteiger partial charge in [0.05, 0.1) is 6.10 Å². The normalized spacial score (nSPS) is 13.0. The molecular formula is C11H18N2O. The molecule has 1 atom stereocenters. The maximum absolute atomic E-state index is 9.42. The molecule has 3 heteroatoms. The van der Waals surface area contributed by atoms with Gasteiger partial charge in [-0.05, 0) is 33.8 Å². The van der Waals surface area contributed by atoms with E-state index in [0.29, 0.717) is 6.04 Å². The summed E-state index contributed by atoms with van der Waals surface area (Å²) in [7, 11) is 0. The molecule has 1 rings (SSSR count). The van der Waals surface area contributed by atoms with Crippen molar-refractivity contribution in [2.75, 3.05) is 5.32 Å². The van der Waals surface area contributed by atoms with Crippen molar-refractivity contribution in [2.45, 2.75) is 39.8 Å². The van der Waals surface area contributed by atoms with Gasteiger partial charge in [0.2, 0.25) is 0 Å². The van der Waals surface area contributed by atoms with E-state index in [0.717, 1.165) is 17.1 Å². The van der Waals surface area contributed by atoms with Crippen LogP contribution in [0.3, 0.4) is 0 Å². The average Bonchev–Trinajstić information content (AvgIpc) is 2.01. The molecule has 0 fully saturated rings. The van der Waals surface area contributed by atoms with Crippen LogP contribution in [0, 0.1) is 6.92 Å². The van der Waals surface area contributed by atoms with E-state index in [1.54, 1.807) is 6.92 Å². The van der Waals surface area contributed by atoms with E-state index in [2.05, 4.69) is 24.1 Å².